The smallest absolute Gasteiger partial charge is 0.0151 e. The standard InChI is InChI=1S/C11H21N/c1-6-7(2)9(4)11(12)10(5)8(6)3/h6-10,12H,1-5H3/t6?,7-,8?,9?,10?/m1/s1. The van der Waals surface area contributed by atoms with Crippen LogP contribution >= 0.6 is 0 Å². The molecule has 0 heterocycles. The van der Waals surface area contributed by atoms with Gasteiger partial charge in [0.25, 0.3) is 0 Å². The zero-order valence-corrected chi connectivity index (χ0v) is 8.89. The van der Waals surface area contributed by atoms with Crippen molar-refractivity contribution in [1.29, 1.82) is 5.41 Å². The van der Waals surface area contributed by atoms with Gasteiger partial charge >= 0.3 is 0 Å². The fourth-order valence-electron chi connectivity index (χ4n) is 2.37. The monoisotopic (exact) mass is 167 g/mol. The Morgan fingerprint density at radius 2 is 1.08 bits per heavy atom. The molecule has 0 spiro atoms. The fourth-order valence-corrected chi connectivity index (χ4v) is 2.37. The van der Waals surface area contributed by atoms with Gasteiger partial charge in [0.2, 0.25) is 0 Å². The molecule has 0 aromatic carbocycles. The molecule has 5 atom stereocenters. The summed E-state index contributed by atoms with van der Waals surface area (Å²) < 4.78 is 0. The summed E-state index contributed by atoms with van der Waals surface area (Å²) in [6, 6.07) is 0. The molecular formula is C11H21N. The largest absolute Gasteiger partial charge is 0.309 e. The second kappa shape index (κ2) is 3.20. The number of hydrogen-bond donors (Lipinski definition) is 1. The van der Waals surface area contributed by atoms with E-state index in [4.69, 9.17) is 5.41 Å². The molecule has 1 rings (SSSR count). The number of hydrogen-bond acceptors (Lipinski definition) is 1. The average molecular weight is 167 g/mol. The summed E-state index contributed by atoms with van der Waals surface area (Å²) in [5.41, 5.74) is 0.966. The van der Waals surface area contributed by atoms with Gasteiger partial charge in [-0.05, 0) is 29.6 Å². The van der Waals surface area contributed by atoms with Gasteiger partial charge in [0.15, 0.2) is 0 Å². The highest BCUT2D eigenvalue weighted by molar-refractivity contribution is 5.86. The van der Waals surface area contributed by atoms with Crippen LogP contribution in [0.2, 0.25) is 0 Å². The van der Waals surface area contributed by atoms with E-state index in [2.05, 4.69) is 34.6 Å². The molecule has 0 aromatic rings. The molecular weight excluding hydrogens is 146 g/mol. The van der Waals surface area contributed by atoms with Gasteiger partial charge in [-0.1, -0.05) is 34.6 Å². The Bertz CT molecular complexity index is 167. The summed E-state index contributed by atoms with van der Waals surface area (Å²) in [6.07, 6.45) is 0. The fraction of sp³-hybridized carbons (Fsp3) is 0.909. The van der Waals surface area contributed by atoms with E-state index in [-0.39, 0.29) is 0 Å². The van der Waals surface area contributed by atoms with Crippen molar-refractivity contribution >= 4 is 5.71 Å². The van der Waals surface area contributed by atoms with Crippen LogP contribution in [0.15, 0.2) is 0 Å². The predicted octanol–water partition coefficient (Wildman–Crippen LogP) is 3.20. The minimum Gasteiger partial charge on any atom is -0.309 e. The predicted molar refractivity (Wildman–Crippen MR) is 53.5 cm³/mol. The molecule has 1 nitrogen and oxygen atoms in total. The van der Waals surface area contributed by atoms with Crippen molar-refractivity contribution < 1.29 is 0 Å². The van der Waals surface area contributed by atoms with E-state index in [0.717, 1.165) is 11.6 Å². The molecule has 0 amide bonds. The van der Waals surface area contributed by atoms with Crippen molar-refractivity contribution in [3.8, 4) is 0 Å². The molecule has 1 heteroatoms. The number of rotatable bonds is 0. The van der Waals surface area contributed by atoms with E-state index in [1.807, 2.05) is 0 Å². The van der Waals surface area contributed by atoms with Crippen molar-refractivity contribution in [2.75, 3.05) is 0 Å². The van der Waals surface area contributed by atoms with E-state index in [9.17, 15) is 0 Å². The average Bonchev–Trinajstić information content (AvgIpc) is 2.08. The van der Waals surface area contributed by atoms with E-state index in [1.165, 1.54) is 0 Å². The zero-order valence-electron chi connectivity index (χ0n) is 8.89. The molecule has 1 fully saturated rings. The maximum absolute atomic E-state index is 7.95. The molecule has 4 unspecified atom stereocenters. The van der Waals surface area contributed by atoms with E-state index in [1.54, 1.807) is 0 Å². The van der Waals surface area contributed by atoms with Gasteiger partial charge in [-0.15, -0.1) is 0 Å². The Hall–Kier alpha value is -0.330. The first kappa shape index (κ1) is 9.76. The van der Waals surface area contributed by atoms with Gasteiger partial charge in [0, 0.05) is 5.71 Å². The summed E-state index contributed by atoms with van der Waals surface area (Å²) in [5.74, 6) is 3.12. The molecule has 1 N–H and O–H groups in total. The minimum atomic E-state index is 0.492. The van der Waals surface area contributed by atoms with Gasteiger partial charge < -0.3 is 5.41 Å². The Labute approximate surface area is 76.1 Å². The summed E-state index contributed by atoms with van der Waals surface area (Å²) in [7, 11) is 0. The highest BCUT2D eigenvalue weighted by Gasteiger charge is 2.37. The first-order chi connectivity index (χ1) is 5.46. The topological polar surface area (TPSA) is 23.9 Å². The molecule has 70 valence electrons. The zero-order chi connectivity index (χ0) is 9.46. The van der Waals surface area contributed by atoms with Crippen LogP contribution in [-0.4, -0.2) is 5.71 Å². The first-order valence-electron chi connectivity index (χ1n) is 5.05. The van der Waals surface area contributed by atoms with E-state index in [0.29, 0.717) is 23.7 Å². The third-order valence-electron chi connectivity index (χ3n) is 4.22. The van der Waals surface area contributed by atoms with Crippen LogP contribution in [0.25, 0.3) is 0 Å². The SMILES string of the molecule is CC1C(=N)C(C)[C@H](C)C(C)C1C. The van der Waals surface area contributed by atoms with Crippen LogP contribution in [0, 0.1) is 35.0 Å². The lowest BCUT2D eigenvalue weighted by atomic mass is 9.64. The molecule has 0 bridgehead atoms. The maximum atomic E-state index is 7.95. The first-order valence-corrected chi connectivity index (χ1v) is 5.05. The Morgan fingerprint density at radius 1 is 0.750 bits per heavy atom. The van der Waals surface area contributed by atoms with Gasteiger partial charge in [-0.2, -0.15) is 0 Å². The second-order valence-electron chi connectivity index (χ2n) is 4.61. The van der Waals surface area contributed by atoms with Gasteiger partial charge in [-0.25, -0.2) is 0 Å². The Morgan fingerprint density at radius 3 is 1.42 bits per heavy atom. The van der Waals surface area contributed by atoms with E-state index >= 15 is 0 Å². The van der Waals surface area contributed by atoms with Crippen molar-refractivity contribution in [2.45, 2.75) is 34.6 Å². The third-order valence-corrected chi connectivity index (χ3v) is 4.22. The molecule has 0 aliphatic heterocycles. The Kier molecular flexibility index (Phi) is 2.60. The van der Waals surface area contributed by atoms with Crippen molar-refractivity contribution in [2.24, 2.45) is 29.6 Å². The van der Waals surface area contributed by atoms with Crippen molar-refractivity contribution in [3.63, 3.8) is 0 Å². The maximum Gasteiger partial charge on any atom is 0.0151 e. The highest BCUT2D eigenvalue weighted by Crippen LogP contribution is 2.39. The van der Waals surface area contributed by atoms with Crippen LogP contribution in [0.1, 0.15) is 34.6 Å². The van der Waals surface area contributed by atoms with E-state index < -0.39 is 0 Å². The highest BCUT2D eigenvalue weighted by atomic mass is 14.5. The molecule has 1 aliphatic rings. The third kappa shape index (κ3) is 1.30. The molecule has 0 aromatic heterocycles. The quantitative estimate of drug-likeness (QED) is 0.573. The molecule has 12 heavy (non-hydrogen) atoms. The van der Waals surface area contributed by atoms with Gasteiger partial charge in [0.1, 0.15) is 0 Å². The van der Waals surface area contributed by atoms with Crippen LogP contribution in [0.4, 0.5) is 0 Å². The Balaban J connectivity index is 2.83. The summed E-state index contributed by atoms with van der Waals surface area (Å²) in [4.78, 5) is 0. The van der Waals surface area contributed by atoms with Gasteiger partial charge in [-0.3, -0.25) is 0 Å². The van der Waals surface area contributed by atoms with Crippen molar-refractivity contribution in [3.05, 3.63) is 0 Å². The lowest BCUT2D eigenvalue weighted by Crippen LogP contribution is -2.41. The van der Waals surface area contributed by atoms with Crippen LogP contribution in [0.3, 0.4) is 0 Å². The molecule has 1 aliphatic carbocycles. The lowest BCUT2D eigenvalue weighted by Gasteiger charge is -2.41. The van der Waals surface area contributed by atoms with Gasteiger partial charge in [0.05, 0.1) is 0 Å². The summed E-state index contributed by atoms with van der Waals surface area (Å²) in [5, 5.41) is 7.95. The second-order valence-corrected chi connectivity index (χ2v) is 4.61. The number of nitrogens with one attached hydrogen (secondary N) is 1. The summed E-state index contributed by atoms with van der Waals surface area (Å²) in [6.45, 7) is 11.3. The minimum absolute atomic E-state index is 0.492. The van der Waals surface area contributed by atoms with Crippen LogP contribution in [0.5, 0.6) is 0 Å². The van der Waals surface area contributed by atoms with Crippen molar-refractivity contribution in [1.82, 2.24) is 0 Å². The van der Waals surface area contributed by atoms with Crippen LogP contribution < -0.4 is 0 Å². The molecule has 0 radical (unpaired) electrons. The van der Waals surface area contributed by atoms with Crippen LogP contribution in [-0.2, 0) is 0 Å². The molecule has 0 saturated heterocycles. The molecule has 1 saturated carbocycles. The lowest BCUT2D eigenvalue weighted by molar-refractivity contribution is 0.181. The summed E-state index contributed by atoms with van der Waals surface area (Å²) >= 11 is 0. The normalized spacial score (nSPS) is 49.4.